The van der Waals surface area contributed by atoms with Gasteiger partial charge in [0, 0.05) is 56.3 Å². The molecule has 9 nitrogen and oxygen atoms in total. The van der Waals surface area contributed by atoms with Gasteiger partial charge in [0.1, 0.15) is 11.6 Å². The van der Waals surface area contributed by atoms with E-state index >= 15 is 4.39 Å². The van der Waals surface area contributed by atoms with E-state index in [0.29, 0.717) is 39.1 Å². The number of benzene rings is 2. The molecular weight excluding hydrogens is 590 g/mol. The van der Waals surface area contributed by atoms with Crippen LogP contribution in [0.4, 0.5) is 14.5 Å². The molecule has 7 rings (SSSR count). The Morgan fingerprint density at radius 3 is 2.34 bits per heavy atom. The van der Waals surface area contributed by atoms with Gasteiger partial charge in [0.2, 0.25) is 0 Å². The van der Waals surface area contributed by atoms with E-state index in [9.17, 15) is 27.2 Å². The maximum Gasteiger partial charge on any atom is 0.261 e. The molecule has 0 spiro atoms. The summed E-state index contributed by atoms with van der Waals surface area (Å²) in [6.07, 6.45) is 6.01. The number of anilines is 1. The fourth-order valence-corrected chi connectivity index (χ4v) is 7.47. The number of hydrogen-bond acceptors (Lipinski definition) is 7. The van der Waals surface area contributed by atoms with Crippen LogP contribution in [0.5, 0.6) is 0 Å². The molecule has 4 aliphatic rings. The zero-order chi connectivity index (χ0) is 31.1. The minimum absolute atomic E-state index is 0.0270. The molecule has 44 heavy (non-hydrogen) atoms. The largest absolute Gasteiger partial charge is 0.384 e. The van der Waals surface area contributed by atoms with Gasteiger partial charge in [0.25, 0.3) is 17.4 Å². The number of carbonyl (C=O) groups is 2. The molecule has 0 saturated carbocycles. The molecule has 4 heterocycles. The second-order valence-electron chi connectivity index (χ2n) is 11.5. The van der Waals surface area contributed by atoms with Gasteiger partial charge in [-0.2, -0.15) is 0 Å². The van der Waals surface area contributed by atoms with E-state index in [1.807, 2.05) is 0 Å². The highest BCUT2D eigenvalue weighted by Crippen LogP contribution is 2.46. The number of fused-ring (bicyclic) bond motifs is 3. The standard InChI is InChI=1S/C32H26F2N4O5S/c1-36-10-9-21-18(16-44(2,42)43)11-17-14-37(25-8-7-20(33)12-24(25)34)29-19(13-35-28(26(17)29)27(21)32(36)41)15-38-30(39)22-5-3-4-6-23(22)31(38)40/h3-12,14,19,29,35H,13,15-16H2,1-2H3/t19-,29?/m0/s1. The van der Waals surface area contributed by atoms with E-state index in [1.54, 1.807) is 60.8 Å². The number of amides is 2. The van der Waals surface area contributed by atoms with E-state index in [2.05, 4.69) is 5.32 Å². The Labute approximate surface area is 251 Å². The van der Waals surface area contributed by atoms with Gasteiger partial charge in [-0.05, 0) is 53.1 Å². The first kappa shape index (κ1) is 28.0. The number of sulfone groups is 1. The Morgan fingerprint density at radius 1 is 0.977 bits per heavy atom. The van der Waals surface area contributed by atoms with Crippen molar-refractivity contribution < 1.29 is 26.8 Å². The molecule has 2 aromatic carbocycles. The summed E-state index contributed by atoms with van der Waals surface area (Å²) in [5.41, 5.74) is 3.00. The van der Waals surface area contributed by atoms with Crippen LogP contribution >= 0.6 is 0 Å². The van der Waals surface area contributed by atoms with Gasteiger partial charge < -0.3 is 14.8 Å². The molecular formula is C32H26F2N4O5S. The molecule has 0 radical (unpaired) electrons. The molecule has 1 aromatic heterocycles. The first-order valence-electron chi connectivity index (χ1n) is 13.9. The lowest BCUT2D eigenvalue weighted by molar-refractivity contribution is 0.0624. The maximum absolute atomic E-state index is 15.4. The topological polar surface area (TPSA) is 109 Å². The van der Waals surface area contributed by atoms with E-state index < -0.39 is 45.2 Å². The Morgan fingerprint density at radius 2 is 1.68 bits per heavy atom. The second-order valence-corrected chi connectivity index (χ2v) is 13.6. The van der Waals surface area contributed by atoms with E-state index in [4.69, 9.17) is 0 Å². The van der Waals surface area contributed by atoms with Crippen molar-refractivity contribution >= 4 is 38.6 Å². The Kier molecular flexibility index (Phi) is 6.26. The number of hydrogen-bond donors (Lipinski definition) is 1. The van der Waals surface area contributed by atoms with Crippen LogP contribution in [0.1, 0.15) is 31.8 Å². The zero-order valence-electron chi connectivity index (χ0n) is 23.7. The molecule has 0 bridgehead atoms. The lowest BCUT2D eigenvalue weighted by Gasteiger charge is -2.40. The minimum atomic E-state index is -3.54. The molecule has 0 fully saturated rings. The molecule has 1 unspecified atom stereocenters. The normalized spacial score (nSPS) is 20.5. The van der Waals surface area contributed by atoms with Crippen LogP contribution in [0.3, 0.4) is 0 Å². The third-order valence-electron chi connectivity index (χ3n) is 8.54. The summed E-state index contributed by atoms with van der Waals surface area (Å²) in [7, 11) is -1.95. The molecule has 1 aliphatic carbocycles. The Hall–Kier alpha value is -4.84. The summed E-state index contributed by atoms with van der Waals surface area (Å²) in [5, 5.41) is 3.35. The summed E-state index contributed by atoms with van der Waals surface area (Å²) >= 11 is 0. The summed E-state index contributed by atoms with van der Waals surface area (Å²) in [6, 6.07) is 10.8. The van der Waals surface area contributed by atoms with E-state index in [1.165, 1.54) is 15.5 Å². The highest BCUT2D eigenvalue weighted by Gasteiger charge is 2.47. The van der Waals surface area contributed by atoms with Crippen LogP contribution in [0.2, 0.25) is 0 Å². The predicted octanol–water partition coefficient (Wildman–Crippen LogP) is 3.10. The van der Waals surface area contributed by atoms with Crippen molar-refractivity contribution in [2.75, 3.05) is 30.0 Å². The van der Waals surface area contributed by atoms with Crippen molar-refractivity contribution in [3.8, 4) is 0 Å². The third-order valence-corrected chi connectivity index (χ3v) is 9.37. The van der Waals surface area contributed by atoms with Gasteiger partial charge in [-0.25, -0.2) is 17.2 Å². The van der Waals surface area contributed by atoms with Crippen molar-refractivity contribution in [1.29, 1.82) is 0 Å². The number of rotatable bonds is 5. The average molecular weight is 617 g/mol. The number of imide groups is 1. The highest BCUT2D eigenvalue weighted by molar-refractivity contribution is 7.91. The predicted molar refractivity (Wildman–Crippen MR) is 160 cm³/mol. The number of aromatic nitrogens is 1. The second kappa shape index (κ2) is 9.84. The monoisotopic (exact) mass is 616 g/mol. The van der Waals surface area contributed by atoms with Gasteiger partial charge in [0.15, 0.2) is 9.84 Å². The fraction of sp³-hybridized carbons (Fsp3) is 0.219. The van der Waals surface area contributed by atoms with Crippen molar-refractivity contribution in [3.63, 3.8) is 0 Å². The molecule has 1 N–H and O–H groups in total. The highest BCUT2D eigenvalue weighted by atomic mass is 32.2. The number of allylic oxidation sites excluding steroid dienone is 1. The number of aryl methyl sites for hydroxylation is 1. The smallest absolute Gasteiger partial charge is 0.261 e. The van der Waals surface area contributed by atoms with Crippen LogP contribution in [0, 0.1) is 17.6 Å². The van der Waals surface area contributed by atoms with Gasteiger partial charge in [-0.3, -0.25) is 19.3 Å². The van der Waals surface area contributed by atoms with Crippen molar-refractivity contribution in [1.82, 2.24) is 14.8 Å². The van der Waals surface area contributed by atoms with Gasteiger partial charge in [0.05, 0.1) is 39.9 Å². The number of carbonyl (C=O) groups excluding carboxylic acids is 2. The number of nitrogens with zero attached hydrogens (tertiary/aromatic N) is 3. The quantitative estimate of drug-likeness (QED) is 0.439. The van der Waals surface area contributed by atoms with Crippen molar-refractivity contribution in [3.05, 3.63) is 122 Å². The van der Waals surface area contributed by atoms with Crippen LogP contribution in [-0.2, 0) is 16.9 Å². The summed E-state index contributed by atoms with van der Waals surface area (Å²) in [5.74, 6) is -3.31. The van der Waals surface area contributed by atoms with Gasteiger partial charge >= 0.3 is 0 Å². The van der Waals surface area contributed by atoms with Crippen LogP contribution < -0.4 is 15.8 Å². The minimum Gasteiger partial charge on any atom is -0.384 e. The molecule has 12 heteroatoms. The summed E-state index contributed by atoms with van der Waals surface area (Å²) in [6.45, 7) is 0.164. The first-order valence-corrected chi connectivity index (χ1v) is 16.0. The zero-order valence-corrected chi connectivity index (χ0v) is 24.5. The molecule has 2 amide bonds. The first-order chi connectivity index (χ1) is 20.9. The number of pyridine rings is 1. The van der Waals surface area contributed by atoms with Crippen molar-refractivity contribution in [2.24, 2.45) is 13.0 Å². The van der Waals surface area contributed by atoms with E-state index in [0.717, 1.165) is 18.4 Å². The summed E-state index contributed by atoms with van der Waals surface area (Å²) < 4.78 is 55.8. The number of halogens is 2. The Balaban J connectivity index is 1.42. The molecule has 224 valence electrons. The SMILES string of the molecule is Cn1ccc2c(c1=O)C1=C3C(=CN(c4ccc(F)cc4F)C3[C@H](CN3C(=O)c4ccccc4C3=O)CN1)C=C2CS(C)(=O)=O. The van der Waals surface area contributed by atoms with Crippen LogP contribution in [0.25, 0.3) is 11.3 Å². The maximum atomic E-state index is 15.4. The number of nitrogens with one attached hydrogen (secondary N) is 1. The van der Waals surface area contributed by atoms with Gasteiger partial charge in [-0.1, -0.05) is 12.1 Å². The lowest BCUT2D eigenvalue weighted by atomic mass is 9.84. The Bertz CT molecular complexity index is 2050. The lowest BCUT2D eigenvalue weighted by Crippen LogP contribution is -2.51. The molecule has 2 atom stereocenters. The third kappa shape index (κ3) is 4.31. The van der Waals surface area contributed by atoms with Crippen LogP contribution in [-0.4, -0.2) is 60.8 Å². The molecule has 0 saturated heterocycles. The van der Waals surface area contributed by atoms with E-state index in [-0.39, 0.29) is 35.7 Å². The molecule has 3 aliphatic heterocycles. The fourth-order valence-electron chi connectivity index (χ4n) is 6.66. The molecule has 3 aromatic rings. The van der Waals surface area contributed by atoms with Crippen LogP contribution in [0.15, 0.2) is 82.9 Å². The van der Waals surface area contributed by atoms with Gasteiger partial charge in [-0.15, -0.1) is 0 Å². The van der Waals surface area contributed by atoms with Crippen molar-refractivity contribution in [2.45, 2.75) is 6.04 Å². The summed E-state index contributed by atoms with van der Waals surface area (Å²) in [4.78, 5) is 43.1. The average Bonchev–Trinajstić information content (AvgIpc) is 3.40.